The molecule has 1 unspecified atom stereocenters. The van der Waals surface area contributed by atoms with Crippen LogP contribution in [0.3, 0.4) is 0 Å². The maximum atomic E-state index is 11.8. The highest BCUT2D eigenvalue weighted by Gasteiger charge is 2.37. The summed E-state index contributed by atoms with van der Waals surface area (Å²) in [5.74, 6) is -0.139. The summed E-state index contributed by atoms with van der Waals surface area (Å²) in [7, 11) is 0. The van der Waals surface area contributed by atoms with Crippen molar-refractivity contribution in [1.82, 2.24) is 0 Å². The Morgan fingerprint density at radius 2 is 2.17 bits per heavy atom. The van der Waals surface area contributed by atoms with Crippen LogP contribution < -0.4 is 0 Å². The Kier molecular flexibility index (Phi) is 3.88. The largest absolute Gasteiger partial charge is 0.392 e. The molecule has 1 fully saturated rings. The number of carbonyl (C=O) groups excluding carboxylic acids is 1. The van der Waals surface area contributed by atoms with E-state index in [1.165, 1.54) is 0 Å². The summed E-state index contributed by atoms with van der Waals surface area (Å²) in [6, 6.07) is 7.37. The standard InChI is InChI=1S/C15H17ClO2/c1-9(2)13-7-12(17)8-14(15(13)18)10-4-3-5-11(16)6-10/h3-6,13-15,18H,1,7-8H2,2H3/t13-,14+,15?/m1/s1. The molecule has 1 aliphatic carbocycles. The molecule has 2 nitrogen and oxygen atoms in total. The normalized spacial score (nSPS) is 28.2. The SMILES string of the molecule is C=C(C)[C@H]1CC(=O)C[C@@H](c2cccc(Cl)c2)C1O. The van der Waals surface area contributed by atoms with Crippen molar-refractivity contribution in [2.75, 3.05) is 0 Å². The second kappa shape index (κ2) is 5.25. The van der Waals surface area contributed by atoms with Gasteiger partial charge >= 0.3 is 0 Å². The lowest BCUT2D eigenvalue weighted by molar-refractivity contribution is -0.124. The summed E-state index contributed by atoms with van der Waals surface area (Å²) in [6.07, 6.45) is 0.220. The fourth-order valence-electron chi connectivity index (χ4n) is 2.61. The van der Waals surface area contributed by atoms with Crippen molar-refractivity contribution in [2.45, 2.75) is 31.8 Å². The smallest absolute Gasteiger partial charge is 0.134 e. The molecule has 0 aliphatic heterocycles. The van der Waals surface area contributed by atoms with E-state index in [1.807, 2.05) is 25.1 Å². The number of benzene rings is 1. The molecule has 3 atom stereocenters. The Morgan fingerprint density at radius 1 is 1.44 bits per heavy atom. The number of Topliss-reactive ketones (excluding diaryl/α,β-unsaturated/α-hetero) is 1. The number of ketones is 1. The van der Waals surface area contributed by atoms with E-state index in [0.717, 1.165) is 11.1 Å². The molecule has 1 aromatic rings. The van der Waals surface area contributed by atoms with Gasteiger partial charge in [0.15, 0.2) is 0 Å². The number of halogens is 1. The molecule has 18 heavy (non-hydrogen) atoms. The van der Waals surface area contributed by atoms with E-state index < -0.39 is 6.10 Å². The molecule has 0 radical (unpaired) electrons. The van der Waals surface area contributed by atoms with Gasteiger partial charge in [0, 0.05) is 29.7 Å². The molecular formula is C15H17ClO2. The van der Waals surface area contributed by atoms with E-state index in [2.05, 4.69) is 6.58 Å². The van der Waals surface area contributed by atoms with Crippen molar-refractivity contribution < 1.29 is 9.90 Å². The molecule has 0 spiro atoms. The molecule has 3 heteroatoms. The number of hydrogen-bond acceptors (Lipinski definition) is 2. The van der Waals surface area contributed by atoms with Crippen LogP contribution in [0.25, 0.3) is 0 Å². The highest BCUT2D eigenvalue weighted by Crippen LogP contribution is 2.38. The lowest BCUT2D eigenvalue weighted by atomic mass is 9.73. The van der Waals surface area contributed by atoms with Crippen LogP contribution in [0, 0.1) is 5.92 Å². The maximum Gasteiger partial charge on any atom is 0.134 e. The Morgan fingerprint density at radius 3 is 2.78 bits per heavy atom. The first kappa shape index (κ1) is 13.3. The van der Waals surface area contributed by atoms with Crippen molar-refractivity contribution in [3.8, 4) is 0 Å². The van der Waals surface area contributed by atoms with Crippen LogP contribution in [-0.2, 0) is 4.79 Å². The predicted octanol–water partition coefficient (Wildman–Crippen LogP) is 3.34. The zero-order valence-corrected chi connectivity index (χ0v) is 11.2. The summed E-state index contributed by atoms with van der Waals surface area (Å²) in [6.45, 7) is 5.73. The third-order valence-electron chi connectivity index (χ3n) is 3.63. The number of rotatable bonds is 2. The lowest BCUT2D eigenvalue weighted by Crippen LogP contribution is -2.36. The molecule has 0 heterocycles. The first-order chi connectivity index (χ1) is 8.49. The molecule has 0 aromatic heterocycles. The number of carbonyl (C=O) groups is 1. The highest BCUT2D eigenvalue weighted by molar-refractivity contribution is 6.30. The Hall–Kier alpha value is -1.12. The van der Waals surface area contributed by atoms with Crippen LogP contribution in [-0.4, -0.2) is 17.0 Å². The minimum Gasteiger partial charge on any atom is -0.392 e. The number of aliphatic hydroxyl groups is 1. The average Bonchev–Trinajstić information content (AvgIpc) is 2.31. The third kappa shape index (κ3) is 2.65. The van der Waals surface area contributed by atoms with Gasteiger partial charge in [0.2, 0.25) is 0 Å². The second-order valence-corrected chi connectivity index (χ2v) is 5.49. The lowest BCUT2D eigenvalue weighted by Gasteiger charge is -2.34. The fraction of sp³-hybridized carbons (Fsp3) is 0.400. The Bertz CT molecular complexity index is 481. The van der Waals surface area contributed by atoms with Crippen LogP contribution in [0.1, 0.15) is 31.2 Å². The molecule has 2 rings (SSSR count). The van der Waals surface area contributed by atoms with Gasteiger partial charge in [-0.3, -0.25) is 4.79 Å². The van der Waals surface area contributed by atoms with Gasteiger partial charge in [-0.15, -0.1) is 0 Å². The monoisotopic (exact) mass is 264 g/mol. The van der Waals surface area contributed by atoms with Crippen LogP contribution >= 0.6 is 11.6 Å². The molecule has 1 aliphatic rings. The van der Waals surface area contributed by atoms with Crippen molar-refractivity contribution in [3.05, 3.63) is 47.0 Å². The van der Waals surface area contributed by atoms with Gasteiger partial charge in [-0.1, -0.05) is 35.9 Å². The predicted molar refractivity (Wildman–Crippen MR) is 72.7 cm³/mol. The van der Waals surface area contributed by atoms with Gasteiger partial charge in [-0.2, -0.15) is 0 Å². The zero-order valence-electron chi connectivity index (χ0n) is 10.4. The summed E-state index contributed by atoms with van der Waals surface area (Å²) in [5.41, 5.74) is 1.79. The summed E-state index contributed by atoms with van der Waals surface area (Å²) in [4.78, 5) is 11.8. The minimum atomic E-state index is -0.557. The highest BCUT2D eigenvalue weighted by atomic mass is 35.5. The van der Waals surface area contributed by atoms with E-state index in [1.54, 1.807) is 6.07 Å². The zero-order chi connectivity index (χ0) is 13.3. The summed E-state index contributed by atoms with van der Waals surface area (Å²) < 4.78 is 0. The van der Waals surface area contributed by atoms with Crippen molar-refractivity contribution in [2.24, 2.45) is 5.92 Å². The van der Waals surface area contributed by atoms with Crippen LogP contribution in [0.5, 0.6) is 0 Å². The van der Waals surface area contributed by atoms with E-state index in [0.29, 0.717) is 17.9 Å². The average molecular weight is 265 g/mol. The first-order valence-corrected chi connectivity index (χ1v) is 6.47. The summed E-state index contributed by atoms with van der Waals surface area (Å²) >= 11 is 5.96. The van der Waals surface area contributed by atoms with Crippen molar-refractivity contribution in [1.29, 1.82) is 0 Å². The van der Waals surface area contributed by atoms with Crippen LogP contribution in [0.2, 0.25) is 5.02 Å². The Balaban J connectivity index is 2.31. The van der Waals surface area contributed by atoms with Gasteiger partial charge in [0.05, 0.1) is 6.10 Å². The third-order valence-corrected chi connectivity index (χ3v) is 3.86. The molecule has 96 valence electrons. The maximum absolute atomic E-state index is 11.8. The van der Waals surface area contributed by atoms with Crippen molar-refractivity contribution >= 4 is 17.4 Å². The molecule has 0 saturated heterocycles. The van der Waals surface area contributed by atoms with Crippen LogP contribution in [0.15, 0.2) is 36.4 Å². The van der Waals surface area contributed by atoms with Gasteiger partial charge < -0.3 is 5.11 Å². The first-order valence-electron chi connectivity index (χ1n) is 6.09. The van der Waals surface area contributed by atoms with Gasteiger partial charge in [0.25, 0.3) is 0 Å². The van der Waals surface area contributed by atoms with E-state index >= 15 is 0 Å². The van der Waals surface area contributed by atoms with E-state index in [4.69, 9.17) is 11.6 Å². The van der Waals surface area contributed by atoms with E-state index in [-0.39, 0.29) is 17.6 Å². The van der Waals surface area contributed by atoms with Crippen molar-refractivity contribution in [3.63, 3.8) is 0 Å². The molecule has 1 N–H and O–H groups in total. The second-order valence-electron chi connectivity index (χ2n) is 5.05. The van der Waals surface area contributed by atoms with Gasteiger partial charge in [0.1, 0.15) is 5.78 Å². The van der Waals surface area contributed by atoms with Crippen LogP contribution in [0.4, 0.5) is 0 Å². The quantitative estimate of drug-likeness (QED) is 0.832. The Labute approximate surface area is 112 Å². The number of hydrogen-bond donors (Lipinski definition) is 1. The molecule has 1 aromatic carbocycles. The number of aliphatic hydroxyl groups excluding tert-OH is 1. The van der Waals surface area contributed by atoms with Gasteiger partial charge in [-0.05, 0) is 24.6 Å². The topological polar surface area (TPSA) is 37.3 Å². The molecule has 0 amide bonds. The molecule has 1 saturated carbocycles. The minimum absolute atomic E-state index is 0.143. The van der Waals surface area contributed by atoms with Gasteiger partial charge in [-0.25, -0.2) is 0 Å². The van der Waals surface area contributed by atoms with E-state index in [9.17, 15) is 9.90 Å². The molecular weight excluding hydrogens is 248 g/mol. The fourth-order valence-corrected chi connectivity index (χ4v) is 2.81. The molecule has 0 bridgehead atoms. The summed E-state index contributed by atoms with van der Waals surface area (Å²) in [5, 5.41) is 11.0.